The number of fused-ring (bicyclic) bond motifs is 1. The second-order valence-electron chi connectivity index (χ2n) is 8.25. The Bertz CT molecular complexity index is 941. The number of anilines is 1. The summed E-state index contributed by atoms with van der Waals surface area (Å²) in [6.07, 6.45) is 4.80. The Balaban J connectivity index is 1.41. The van der Waals surface area contributed by atoms with Crippen molar-refractivity contribution in [2.45, 2.75) is 18.6 Å². The van der Waals surface area contributed by atoms with E-state index in [1.54, 1.807) is 0 Å². The molecule has 2 aromatic carbocycles. The highest BCUT2D eigenvalue weighted by molar-refractivity contribution is 6.35. The number of likely N-dealkylation sites (N-methyl/N-ethyl adjacent to an activating group) is 1. The zero-order chi connectivity index (χ0) is 20.7. The molecule has 1 N–H and O–H groups in total. The van der Waals surface area contributed by atoms with Crippen LogP contribution in [0, 0.1) is 0 Å². The Kier molecular flexibility index (Phi) is 5.54. The molecule has 5 nitrogen and oxygen atoms in total. The standard InChI is InChI=1S/C23H26Cl2N4O/c1-27-8-10-28(11-9-27)22-14-19-20(12-16(24)13-21(19)25)23(22)30-18-4-2-17(3-5-18)29-7-6-26-15-29/h2-7,12-13,22-23,26H,8-11,14-15H2,1H3/t22-,23-/m0/s1. The second kappa shape index (κ2) is 8.31. The van der Waals surface area contributed by atoms with Crippen molar-refractivity contribution in [3.8, 4) is 5.75 Å². The summed E-state index contributed by atoms with van der Waals surface area (Å²) >= 11 is 12.9. The van der Waals surface area contributed by atoms with Crippen molar-refractivity contribution in [3.05, 3.63) is 70.0 Å². The Labute approximate surface area is 187 Å². The molecule has 2 atom stereocenters. The number of hydrogen-bond donors (Lipinski definition) is 1. The molecule has 5 rings (SSSR count). The van der Waals surface area contributed by atoms with E-state index in [2.05, 4.69) is 39.2 Å². The maximum absolute atomic E-state index is 6.60. The number of piperazine rings is 1. The summed E-state index contributed by atoms with van der Waals surface area (Å²) < 4.78 is 6.60. The highest BCUT2D eigenvalue weighted by atomic mass is 35.5. The van der Waals surface area contributed by atoms with Crippen LogP contribution in [0.4, 0.5) is 5.69 Å². The molecular weight excluding hydrogens is 419 g/mol. The zero-order valence-electron chi connectivity index (χ0n) is 17.0. The third-order valence-electron chi connectivity index (χ3n) is 6.34. The Morgan fingerprint density at radius 1 is 1.03 bits per heavy atom. The predicted octanol–water partition coefficient (Wildman–Crippen LogP) is 4.12. The first-order valence-electron chi connectivity index (χ1n) is 10.4. The minimum atomic E-state index is -0.0844. The van der Waals surface area contributed by atoms with Gasteiger partial charge in [-0.25, -0.2) is 0 Å². The van der Waals surface area contributed by atoms with Crippen molar-refractivity contribution in [2.75, 3.05) is 44.8 Å². The first-order valence-corrected chi connectivity index (χ1v) is 11.2. The molecule has 1 aliphatic carbocycles. The smallest absolute Gasteiger partial charge is 0.140 e. The van der Waals surface area contributed by atoms with Gasteiger partial charge in [0.15, 0.2) is 0 Å². The highest BCUT2D eigenvalue weighted by Gasteiger charge is 2.40. The molecule has 30 heavy (non-hydrogen) atoms. The van der Waals surface area contributed by atoms with E-state index >= 15 is 0 Å². The maximum Gasteiger partial charge on any atom is 0.140 e. The van der Waals surface area contributed by atoms with E-state index in [4.69, 9.17) is 27.9 Å². The average Bonchev–Trinajstić information content (AvgIpc) is 3.39. The maximum atomic E-state index is 6.60. The molecular formula is C23H26Cl2N4O. The van der Waals surface area contributed by atoms with Gasteiger partial charge in [0, 0.05) is 59.9 Å². The summed E-state index contributed by atoms with van der Waals surface area (Å²) in [4.78, 5) is 7.07. The normalized spacial score (nSPS) is 24.2. The number of benzene rings is 2. The largest absolute Gasteiger partial charge is 0.484 e. The number of nitrogens with zero attached hydrogens (tertiary/aromatic N) is 3. The Morgan fingerprint density at radius 3 is 2.50 bits per heavy atom. The topological polar surface area (TPSA) is 31.0 Å². The predicted molar refractivity (Wildman–Crippen MR) is 122 cm³/mol. The molecule has 1 fully saturated rings. The summed E-state index contributed by atoms with van der Waals surface area (Å²) in [6.45, 7) is 5.00. The van der Waals surface area contributed by atoms with Gasteiger partial charge in [0.05, 0.1) is 12.7 Å². The van der Waals surface area contributed by atoms with Crippen molar-refractivity contribution in [2.24, 2.45) is 0 Å². The van der Waals surface area contributed by atoms with Crippen LogP contribution >= 0.6 is 23.2 Å². The molecule has 0 unspecified atom stereocenters. The SMILES string of the molecule is CN1CCN([C@H]2Cc3c(Cl)cc(Cl)cc3[C@@H]2Oc2ccc(N3C=CNC3)cc2)CC1. The fraction of sp³-hybridized carbons (Fsp3) is 0.391. The van der Waals surface area contributed by atoms with Gasteiger partial charge in [0.25, 0.3) is 0 Å². The van der Waals surface area contributed by atoms with Crippen LogP contribution in [0.25, 0.3) is 0 Å². The van der Waals surface area contributed by atoms with Gasteiger partial charge >= 0.3 is 0 Å². The van der Waals surface area contributed by atoms with E-state index in [-0.39, 0.29) is 12.1 Å². The van der Waals surface area contributed by atoms with Crippen molar-refractivity contribution < 1.29 is 4.74 Å². The lowest BCUT2D eigenvalue weighted by molar-refractivity contribution is 0.0454. The third-order valence-corrected chi connectivity index (χ3v) is 6.89. The van der Waals surface area contributed by atoms with Gasteiger partial charge in [-0.05, 0) is 55.4 Å². The lowest BCUT2D eigenvalue weighted by Crippen LogP contribution is -2.50. The molecule has 3 aliphatic rings. The minimum absolute atomic E-state index is 0.0844. The fourth-order valence-electron chi connectivity index (χ4n) is 4.62. The highest BCUT2D eigenvalue weighted by Crippen LogP contribution is 2.43. The Morgan fingerprint density at radius 2 is 1.80 bits per heavy atom. The van der Waals surface area contributed by atoms with E-state index in [0.717, 1.165) is 61.3 Å². The number of hydrogen-bond acceptors (Lipinski definition) is 5. The quantitative estimate of drug-likeness (QED) is 0.765. The first kappa shape index (κ1) is 20.0. The molecule has 0 radical (unpaired) electrons. The summed E-state index contributed by atoms with van der Waals surface area (Å²) in [7, 11) is 2.18. The van der Waals surface area contributed by atoms with Crippen molar-refractivity contribution in [1.29, 1.82) is 0 Å². The molecule has 158 valence electrons. The monoisotopic (exact) mass is 444 g/mol. The van der Waals surface area contributed by atoms with Crippen LogP contribution in [-0.2, 0) is 6.42 Å². The summed E-state index contributed by atoms with van der Waals surface area (Å²) in [5, 5.41) is 4.60. The molecule has 0 aromatic heterocycles. The van der Waals surface area contributed by atoms with Crippen LogP contribution in [0.5, 0.6) is 5.75 Å². The van der Waals surface area contributed by atoms with Gasteiger partial charge in [-0.15, -0.1) is 0 Å². The molecule has 1 saturated heterocycles. The van der Waals surface area contributed by atoms with E-state index in [1.165, 1.54) is 5.56 Å². The van der Waals surface area contributed by atoms with E-state index in [1.807, 2.05) is 36.7 Å². The van der Waals surface area contributed by atoms with E-state index in [0.29, 0.717) is 5.02 Å². The lowest BCUT2D eigenvalue weighted by Gasteiger charge is -2.38. The van der Waals surface area contributed by atoms with Gasteiger partial charge in [-0.3, -0.25) is 4.90 Å². The molecule has 0 saturated carbocycles. The van der Waals surface area contributed by atoms with Crippen molar-refractivity contribution in [1.82, 2.24) is 15.1 Å². The molecule has 2 aliphatic heterocycles. The molecule has 0 spiro atoms. The average molecular weight is 445 g/mol. The van der Waals surface area contributed by atoms with Gasteiger partial charge in [-0.2, -0.15) is 0 Å². The second-order valence-corrected chi connectivity index (χ2v) is 9.09. The summed E-state index contributed by atoms with van der Waals surface area (Å²) in [6, 6.07) is 12.4. The van der Waals surface area contributed by atoms with Crippen LogP contribution < -0.4 is 15.0 Å². The van der Waals surface area contributed by atoms with Crippen molar-refractivity contribution >= 4 is 28.9 Å². The van der Waals surface area contributed by atoms with Crippen LogP contribution in [0.2, 0.25) is 10.0 Å². The summed E-state index contributed by atoms with van der Waals surface area (Å²) in [5.74, 6) is 0.864. The zero-order valence-corrected chi connectivity index (χ0v) is 18.5. The van der Waals surface area contributed by atoms with E-state index in [9.17, 15) is 0 Å². The summed E-state index contributed by atoms with van der Waals surface area (Å²) in [5.41, 5.74) is 3.42. The number of halogens is 2. The third kappa shape index (κ3) is 3.87. The van der Waals surface area contributed by atoms with Gasteiger partial charge in [0.2, 0.25) is 0 Å². The molecule has 2 aromatic rings. The number of nitrogens with one attached hydrogen (secondary N) is 1. The lowest BCUT2D eigenvalue weighted by atomic mass is 10.1. The number of ether oxygens (including phenoxy) is 1. The van der Waals surface area contributed by atoms with E-state index < -0.39 is 0 Å². The van der Waals surface area contributed by atoms with Crippen LogP contribution in [0.1, 0.15) is 17.2 Å². The van der Waals surface area contributed by atoms with Crippen LogP contribution in [-0.4, -0.2) is 55.7 Å². The van der Waals surface area contributed by atoms with Gasteiger partial charge in [-0.1, -0.05) is 23.2 Å². The first-order chi connectivity index (χ1) is 14.6. The minimum Gasteiger partial charge on any atom is -0.484 e. The fourth-order valence-corrected chi connectivity index (χ4v) is 5.21. The van der Waals surface area contributed by atoms with Crippen LogP contribution in [0.3, 0.4) is 0 Å². The molecule has 7 heteroatoms. The van der Waals surface area contributed by atoms with Crippen LogP contribution in [0.15, 0.2) is 48.8 Å². The van der Waals surface area contributed by atoms with Gasteiger partial charge < -0.3 is 19.9 Å². The Hall–Kier alpha value is -1.92. The molecule has 2 heterocycles. The number of rotatable bonds is 4. The van der Waals surface area contributed by atoms with Crippen molar-refractivity contribution in [3.63, 3.8) is 0 Å². The van der Waals surface area contributed by atoms with Gasteiger partial charge in [0.1, 0.15) is 11.9 Å². The molecule has 0 bridgehead atoms. The molecule has 0 amide bonds.